The summed E-state index contributed by atoms with van der Waals surface area (Å²) in [5.74, 6) is 0.474. The van der Waals surface area contributed by atoms with Gasteiger partial charge in [-0.1, -0.05) is 18.2 Å². The van der Waals surface area contributed by atoms with E-state index in [2.05, 4.69) is 20.3 Å². The summed E-state index contributed by atoms with van der Waals surface area (Å²) in [6, 6.07) is 12.2. The molecule has 2 aromatic heterocycles. The van der Waals surface area contributed by atoms with Crippen LogP contribution in [0.25, 0.3) is 11.3 Å². The van der Waals surface area contributed by atoms with Crippen LogP contribution in [0.1, 0.15) is 19.3 Å². The lowest BCUT2D eigenvalue weighted by atomic mass is 10.0. The van der Waals surface area contributed by atoms with Gasteiger partial charge in [0, 0.05) is 30.1 Å². The van der Waals surface area contributed by atoms with Gasteiger partial charge in [0.05, 0.1) is 5.69 Å². The van der Waals surface area contributed by atoms with Crippen molar-refractivity contribution < 1.29 is 13.2 Å². The molecular weight excluding hydrogens is 395 g/mol. The highest BCUT2D eigenvalue weighted by Gasteiger charge is 2.45. The fourth-order valence-corrected chi connectivity index (χ4v) is 3.62. The van der Waals surface area contributed by atoms with E-state index in [9.17, 15) is 18.0 Å². The number of aromatic amines is 1. The summed E-state index contributed by atoms with van der Waals surface area (Å²) in [6.07, 6.45) is -1.68. The Morgan fingerprint density at radius 1 is 1.10 bits per heavy atom. The Kier molecular flexibility index (Phi) is 5.43. The molecule has 0 saturated carbocycles. The van der Waals surface area contributed by atoms with E-state index in [1.165, 1.54) is 17.2 Å². The molecule has 1 aliphatic heterocycles. The zero-order valence-electron chi connectivity index (χ0n) is 16.0. The highest BCUT2D eigenvalue weighted by molar-refractivity contribution is 5.65. The van der Waals surface area contributed by atoms with Gasteiger partial charge in [0.1, 0.15) is 11.9 Å². The van der Waals surface area contributed by atoms with Crippen LogP contribution in [-0.4, -0.2) is 33.7 Å². The van der Waals surface area contributed by atoms with Crippen molar-refractivity contribution in [3.8, 4) is 11.3 Å². The summed E-state index contributed by atoms with van der Waals surface area (Å²) in [4.78, 5) is 24.6. The van der Waals surface area contributed by atoms with Gasteiger partial charge in [-0.15, -0.1) is 0 Å². The van der Waals surface area contributed by atoms with E-state index < -0.39 is 17.8 Å². The molecule has 156 valence electrons. The fourth-order valence-electron chi connectivity index (χ4n) is 3.62. The number of piperidine rings is 1. The molecule has 1 unspecified atom stereocenters. The Morgan fingerprint density at radius 2 is 1.90 bits per heavy atom. The van der Waals surface area contributed by atoms with Gasteiger partial charge in [-0.05, 0) is 43.5 Å². The second-order valence-electron chi connectivity index (χ2n) is 7.12. The Morgan fingerprint density at radius 3 is 2.67 bits per heavy atom. The lowest BCUT2D eigenvalue weighted by Gasteiger charge is -2.38. The van der Waals surface area contributed by atoms with Crippen LogP contribution in [-0.2, 0) is 0 Å². The molecule has 0 radical (unpaired) electrons. The van der Waals surface area contributed by atoms with E-state index in [-0.39, 0.29) is 18.8 Å². The molecule has 1 saturated heterocycles. The molecule has 0 amide bonds. The lowest BCUT2D eigenvalue weighted by molar-refractivity contribution is -0.152. The van der Waals surface area contributed by atoms with Gasteiger partial charge in [-0.3, -0.25) is 4.79 Å². The number of hydrogen-bond acceptors (Lipinski definition) is 5. The quantitative estimate of drug-likeness (QED) is 0.657. The first-order chi connectivity index (χ1) is 14.4. The van der Waals surface area contributed by atoms with Crippen LogP contribution in [0.2, 0.25) is 0 Å². The third kappa shape index (κ3) is 4.45. The molecule has 9 heteroatoms. The van der Waals surface area contributed by atoms with Crippen LogP contribution in [0.3, 0.4) is 0 Å². The van der Waals surface area contributed by atoms with Crippen molar-refractivity contribution in [3.05, 3.63) is 65.1 Å². The first kappa shape index (κ1) is 19.9. The largest absolute Gasteiger partial charge is 0.408 e. The molecular formula is C21H20F3N5O. The molecule has 1 aliphatic rings. The van der Waals surface area contributed by atoms with Crippen LogP contribution in [0, 0.1) is 0 Å². The lowest BCUT2D eigenvalue weighted by Crippen LogP contribution is -2.49. The summed E-state index contributed by atoms with van der Waals surface area (Å²) in [5, 5.41) is 3.07. The van der Waals surface area contributed by atoms with Gasteiger partial charge in [0.25, 0.3) is 0 Å². The van der Waals surface area contributed by atoms with E-state index in [1.807, 2.05) is 30.3 Å². The molecule has 0 bridgehead atoms. The number of nitrogens with zero attached hydrogens (tertiary/aromatic N) is 3. The van der Waals surface area contributed by atoms with Gasteiger partial charge in [-0.25, -0.2) is 9.97 Å². The van der Waals surface area contributed by atoms with Crippen molar-refractivity contribution in [2.24, 2.45) is 0 Å². The SMILES string of the molecule is O=c1cc(-c2ccnc(Nc3ccccc3)n2)cc(N2CCCCC2C(F)(F)F)[nH]1. The second kappa shape index (κ2) is 8.17. The molecule has 3 aromatic rings. The topological polar surface area (TPSA) is 73.9 Å². The average Bonchev–Trinajstić information content (AvgIpc) is 2.74. The maximum atomic E-state index is 13.5. The number of benzene rings is 1. The number of halogens is 3. The number of aromatic nitrogens is 3. The zero-order valence-corrected chi connectivity index (χ0v) is 16.0. The maximum Gasteiger partial charge on any atom is 0.408 e. The van der Waals surface area contributed by atoms with Crippen LogP contribution in [0.4, 0.5) is 30.6 Å². The molecule has 30 heavy (non-hydrogen) atoms. The summed E-state index contributed by atoms with van der Waals surface area (Å²) in [7, 11) is 0. The summed E-state index contributed by atoms with van der Waals surface area (Å²) < 4.78 is 40.5. The Bertz CT molecular complexity index is 1070. The average molecular weight is 415 g/mol. The summed E-state index contributed by atoms with van der Waals surface area (Å²) in [6.45, 7) is 0.230. The molecule has 6 nitrogen and oxygen atoms in total. The van der Waals surface area contributed by atoms with Crippen molar-refractivity contribution in [3.63, 3.8) is 0 Å². The van der Waals surface area contributed by atoms with E-state index in [0.29, 0.717) is 30.0 Å². The van der Waals surface area contributed by atoms with Gasteiger partial charge >= 0.3 is 6.18 Å². The number of H-pyrrole nitrogens is 1. The van der Waals surface area contributed by atoms with Crippen molar-refractivity contribution in [1.82, 2.24) is 15.0 Å². The van der Waals surface area contributed by atoms with Gasteiger partial charge < -0.3 is 15.2 Å². The zero-order chi connectivity index (χ0) is 21.1. The minimum Gasteiger partial charge on any atom is -0.346 e. The Balaban J connectivity index is 1.67. The Hall–Kier alpha value is -3.36. The van der Waals surface area contributed by atoms with Gasteiger partial charge in [0.2, 0.25) is 11.5 Å². The Labute approximate surface area is 170 Å². The van der Waals surface area contributed by atoms with Gasteiger partial charge in [-0.2, -0.15) is 13.2 Å². The first-order valence-electron chi connectivity index (χ1n) is 9.63. The van der Waals surface area contributed by atoms with Crippen LogP contribution in [0.5, 0.6) is 0 Å². The highest BCUT2D eigenvalue weighted by atomic mass is 19.4. The van der Waals surface area contributed by atoms with E-state index in [4.69, 9.17) is 0 Å². The van der Waals surface area contributed by atoms with Crippen molar-refractivity contribution in [1.29, 1.82) is 0 Å². The van der Waals surface area contributed by atoms with E-state index >= 15 is 0 Å². The van der Waals surface area contributed by atoms with Crippen molar-refractivity contribution >= 4 is 17.5 Å². The minimum absolute atomic E-state index is 0.00834. The molecule has 4 rings (SSSR count). The summed E-state index contributed by atoms with van der Waals surface area (Å²) >= 11 is 0. The minimum atomic E-state index is -4.37. The number of pyridine rings is 1. The van der Waals surface area contributed by atoms with E-state index in [1.54, 1.807) is 12.1 Å². The number of nitrogens with one attached hydrogen (secondary N) is 2. The van der Waals surface area contributed by atoms with Crippen LogP contribution < -0.4 is 15.8 Å². The van der Waals surface area contributed by atoms with Crippen molar-refractivity contribution in [2.75, 3.05) is 16.8 Å². The number of rotatable bonds is 4. The predicted molar refractivity (Wildman–Crippen MR) is 109 cm³/mol. The molecule has 0 aliphatic carbocycles. The standard InChI is InChI=1S/C21H20F3N5O/c22-21(23,24)17-8-4-5-11-29(17)18-12-14(13-19(30)28-18)16-9-10-25-20(27-16)26-15-6-2-1-3-7-15/h1-3,6-7,9-10,12-13,17H,4-5,8,11H2,(H,28,30)(H,25,26,27). The molecule has 1 atom stereocenters. The molecule has 1 fully saturated rings. The third-order valence-corrected chi connectivity index (χ3v) is 5.00. The van der Waals surface area contributed by atoms with Crippen LogP contribution in [0.15, 0.2) is 59.5 Å². The molecule has 2 N–H and O–H groups in total. The molecule has 3 heterocycles. The van der Waals surface area contributed by atoms with Crippen LogP contribution >= 0.6 is 0 Å². The summed E-state index contributed by atoms with van der Waals surface area (Å²) in [5.41, 5.74) is 1.18. The predicted octanol–water partition coefficient (Wildman–Crippen LogP) is 4.50. The second-order valence-corrected chi connectivity index (χ2v) is 7.12. The smallest absolute Gasteiger partial charge is 0.346 e. The number of alkyl halides is 3. The van der Waals surface area contributed by atoms with Crippen molar-refractivity contribution in [2.45, 2.75) is 31.5 Å². The van der Waals surface area contributed by atoms with E-state index in [0.717, 1.165) is 5.69 Å². The van der Waals surface area contributed by atoms with Gasteiger partial charge in [0.15, 0.2) is 0 Å². The monoisotopic (exact) mass is 415 g/mol. The normalized spacial score (nSPS) is 17.0. The maximum absolute atomic E-state index is 13.5. The third-order valence-electron chi connectivity index (χ3n) is 5.00. The number of hydrogen-bond donors (Lipinski definition) is 2. The molecule has 1 aromatic carbocycles. The molecule has 0 spiro atoms. The number of anilines is 3. The highest BCUT2D eigenvalue weighted by Crippen LogP contribution is 2.35. The first-order valence-corrected chi connectivity index (χ1v) is 9.63. The fraction of sp³-hybridized carbons (Fsp3) is 0.286. The number of para-hydroxylation sites is 1.